The topological polar surface area (TPSA) is 140 Å². The Bertz CT molecular complexity index is 1660. The molecular formula is C24H21N5O4S. The first-order valence-electron chi connectivity index (χ1n) is 10.6. The van der Waals surface area contributed by atoms with E-state index in [1.54, 1.807) is 12.1 Å². The minimum Gasteiger partial charge on any atom is -0.361 e. The second-order valence-corrected chi connectivity index (χ2v) is 9.52. The first-order valence-corrected chi connectivity index (χ1v) is 12.1. The summed E-state index contributed by atoms with van der Waals surface area (Å²) in [5.74, 6) is -0.240. The van der Waals surface area contributed by atoms with Crippen LogP contribution in [0.1, 0.15) is 15.9 Å². The number of rotatable bonds is 7. The Kier molecular flexibility index (Phi) is 5.42. The number of hydrogen-bond donors (Lipinski definition) is 5. The summed E-state index contributed by atoms with van der Waals surface area (Å²) in [6, 6.07) is 18.5. The zero-order valence-corrected chi connectivity index (χ0v) is 18.7. The molecule has 0 saturated carbocycles. The van der Waals surface area contributed by atoms with Crippen molar-refractivity contribution in [3.05, 3.63) is 94.5 Å². The van der Waals surface area contributed by atoms with E-state index in [-0.39, 0.29) is 10.8 Å². The summed E-state index contributed by atoms with van der Waals surface area (Å²) in [5, 5.41) is 4.03. The highest BCUT2D eigenvalue weighted by Gasteiger charge is 2.16. The quantitative estimate of drug-likeness (QED) is 0.247. The summed E-state index contributed by atoms with van der Waals surface area (Å²) in [7, 11) is -3.88. The normalized spacial score (nSPS) is 11.6. The standard InChI is InChI=1S/C24H21N5O4S/c30-23(25-12-11-16-14-26-20-4-2-1-3-19(16)20)15-5-7-17(8-6-15)29-34(32,33)18-9-10-21-22(13-18)28-24(31)27-21/h1-10,13-14,26,29H,11-12H2,(H,25,30)(H2,27,28,31). The molecule has 0 aliphatic rings. The van der Waals surface area contributed by atoms with E-state index >= 15 is 0 Å². The second kappa shape index (κ2) is 8.56. The molecule has 0 spiro atoms. The van der Waals surface area contributed by atoms with E-state index in [0.717, 1.165) is 16.5 Å². The molecule has 0 aliphatic carbocycles. The molecule has 172 valence electrons. The summed E-state index contributed by atoms with van der Waals surface area (Å²) < 4.78 is 27.9. The number of hydrogen-bond acceptors (Lipinski definition) is 4. The molecule has 0 radical (unpaired) electrons. The lowest BCUT2D eigenvalue weighted by Crippen LogP contribution is -2.25. The maximum Gasteiger partial charge on any atom is 0.323 e. The van der Waals surface area contributed by atoms with Crippen molar-refractivity contribution in [1.29, 1.82) is 0 Å². The van der Waals surface area contributed by atoms with Gasteiger partial charge in [-0.05, 0) is 60.5 Å². The van der Waals surface area contributed by atoms with Gasteiger partial charge < -0.3 is 20.3 Å². The van der Waals surface area contributed by atoms with Crippen molar-refractivity contribution >= 4 is 43.6 Å². The predicted octanol–water partition coefficient (Wildman–Crippen LogP) is 3.11. The minimum atomic E-state index is -3.88. The number of nitrogens with one attached hydrogen (secondary N) is 5. The minimum absolute atomic E-state index is 0.00866. The van der Waals surface area contributed by atoms with Gasteiger partial charge >= 0.3 is 5.69 Å². The van der Waals surface area contributed by atoms with Crippen LogP contribution in [0.2, 0.25) is 0 Å². The molecule has 0 saturated heterocycles. The highest BCUT2D eigenvalue weighted by atomic mass is 32.2. The first-order chi connectivity index (χ1) is 16.4. The fraction of sp³-hybridized carbons (Fsp3) is 0.0833. The predicted molar refractivity (Wildman–Crippen MR) is 131 cm³/mol. The van der Waals surface area contributed by atoms with Crippen molar-refractivity contribution in [1.82, 2.24) is 20.3 Å². The lowest BCUT2D eigenvalue weighted by atomic mass is 10.1. The third-order valence-corrected chi connectivity index (χ3v) is 6.93. The Hall–Kier alpha value is -4.31. The van der Waals surface area contributed by atoms with E-state index in [0.29, 0.717) is 35.2 Å². The number of aromatic amines is 3. The third-order valence-electron chi connectivity index (χ3n) is 5.55. The Morgan fingerprint density at radius 1 is 0.882 bits per heavy atom. The van der Waals surface area contributed by atoms with Gasteiger partial charge in [0.25, 0.3) is 15.9 Å². The molecule has 0 atom stereocenters. The van der Waals surface area contributed by atoms with Crippen molar-refractivity contribution in [2.24, 2.45) is 0 Å². The molecule has 3 aromatic carbocycles. The summed E-state index contributed by atoms with van der Waals surface area (Å²) in [6.07, 6.45) is 2.63. The van der Waals surface area contributed by atoms with E-state index in [1.165, 1.54) is 30.3 Å². The molecule has 0 bridgehead atoms. The maximum atomic E-state index is 12.7. The number of para-hydroxylation sites is 1. The van der Waals surface area contributed by atoms with Crippen molar-refractivity contribution in [3.63, 3.8) is 0 Å². The number of fused-ring (bicyclic) bond motifs is 2. The largest absolute Gasteiger partial charge is 0.361 e. The van der Waals surface area contributed by atoms with Crippen LogP contribution in [0.4, 0.5) is 5.69 Å². The maximum absolute atomic E-state index is 12.7. The van der Waals surface area contributed by atoms with Gasteiger partial charge in [0.15, 0.2) is 0 Å². The van der Waals surface area contributed by atoms with E-state index in [9.17, 15) is 18.0 Å². The van der Waals surface area contributed by atoms with Crippen LogP contribution in [0.25, 0.3) is 21.9 Å². The summed E-state index contributed by atoms with van der Waals surface area (Å²) >= 11 is 0. The lowest BCUT2D eigenvalue weighted by Gasteiger charge is -2.09. The average Bonchev–Trinajstić information content (AvgIpc) is 3.41. The molecule has 34 heavy (non-hydrogen) atoms. The van der Waals surface area contributed by atoms with Crippen LogP contribution in [0.3, 0.4) is 0 Å². The number of carbonyl (C=O) groups is 1. The van der Waals surface area contributed by atoms with E-state index < -0.39 is 15.7 Å². The number of sulfonamides is 1. The van der Waals surface area contributed by atoms with Gasteiger partial charge in [0.05, 0.1) is 15.9 Å². The van der Waals surface area contributed by atoms with Gasteiger partial charge in [0.1, 0.15) is 0 Å². The molecule has 0 aliphatic heterocycles. The summed E-state index contributed by atoms with van der Waals surface area (Å²) in [4.78, 5) is 32.2. The summed E-state index contributed by atoms with van der Waals surface area (Å²) in [5.41, 5.74) is 3.43. The Labute approximate surface area is 194 Å². The number of benzene rings is 3. The molecule has 0 unspecified atom stereocenters. The summed E-state index contributed by atoms with van der Waals surface area (Å²) in [6.45, 7) is 0.471. The van der Waals surface area contributed by atoms with Crippen LogP contribution in [-0.4, -0.2) is 35.8 Å². The van der Waals surface area contributed by atoms with Crippen LogP contribution < -0.4 is 15.7 Å². The molecule has 1 amide bonds. The average molecular weight is 476 g/mol. The molecular weight excluding hydrogens is 454 g/mol. The van der Waals surface area contributed by atoms with Crippen molar-refractivity contribution in [2.45, 2.75) is 11.3 Å². The Morgan fingerprint density at radius 2 is 1.65 bits per heavy atom. The molecule has 2 aromatic heterocycles. The SMILES string of the molecule is O=C(NCCc1c[nH]c2ccccc12)c1ccc(NS(=O)(=O)c2ccc3[nH]c(=O)[nH]c3c2)cc1. The highest BCUT2D eigenvalue weighted by molar-refractivity contribution is 7.92. The number of H-pyrrole nitrogens is 3. The van der Waals surface area contributed by atoms with Gasteiger partial charge in [-0.15, -0.1) is 0 Å². The molecule has 5 N–H and O–H groups in total. The van der Waals surface area contributed by atoms with Gasteiger partial charge in [-0.25, -0.2) is 13.2 Å². The van der Waals surface area contributed by atoms with Crippen LogP contribution in [-0.2, 0) is 16.4 Å². The number of anilines is 1. The number of carbonyl (C=O) groups excluding carboxylic acids is 1. The third kappa shape index (κ3) is 4.30. The van der Waals surface area contributed by atoms with Crippen molar-refractivity contribution in [2.75, 3.05) is 11.3 Å². The highest BCUT2D eigenvalue weighted by Crippen LogP contribution is 2.20. The number of aromatic nitrogens is 3. The fourth-order valence-electron chi connectivity index (χ4n) is 3.83. The monoisotopic (exact) mass is 475 g/mol. The Balaban J connectivity index is 1.21. The van der Waals surface area contributed by atoms with Gasteiger partial charge in [0, 0.05) is 34.9 Å². The van der Waals surface area contributed by atoms with Gasteiger partial charge in [0.2, 0.25) is 0 Å². The van der Waals surface area contributed by atoms with Crippen LogP contribution in [0, 0.1) is 0 Å². The van der Waals surface area contributed by atoms with E-state index in [4.69, 9.17) is 0 Å². The number of amides is 1. The van der Waals surface area contributed by atoms with Crippen LogP contribution in [0.5, 0.6) is 0 Å². The van der Waals surface area contributed by atoms with Crippen LogP contribution in [0.15, 0.2) is 82.6 Å². The zero-order valence-electron chi connectivity index (χ0n) is 17.9. The van der Waals surface area contributed by atoms with Gasteiger partial charge in [-0.2, -0.15) is 0 Å². The van der Waals surface area contributed by atoms with Gasteiger partial charge in [-0.1, -0.05) is 18.2 Å². The first kappa shape index (κ1) is 21.5. The second-order valence-electron chi connectivity index (χ2n) is 7.83. The molecule has 9 nitrogen and oxygen atoms in total. The molecule has 0 fully saturated rings. The molecule has 5 aromatic rings. The molecule has 10 heteroatoms. The van der Waals surface area contributed by atoms with Crippen molar-refractivity contribution in [3.8, 4) is 0 Å². The fourth-order valence-corrected chi connectivity index (χ4v) is 4.92. The molecule has 2 heterocycles. The lowest BCUT2D eigenvalue weighted by molar-refractivity contribution is 0.0954. The van der Waals surface area contributed by atoms with Crippen molar-refractivity contribution < 1.29 is 13.2 Å². The smallest absolute Gasteiger partial charge is 0.323 e. The molecule has 5 rings (SSSR count). The van der Waals surface area contributed by atoms with Crippen LogP contribution >= 0.6 is 0 Å². The number of imidazole rings is 1. The van der Waals surface area contributed by atoms with E-state index in [1.807, 2.05) is 30.5 Å². The zero-order chi connectivity index (χ0) is 23.7. The van der Waals surface area contributed by atoms with Gasteiger partial charge in [-0.3, -0.25) is 9.52 Å². The Morgan fingerprint density at radius 3 is 2.47 bits per heavy atom. The van der Waals surface area contributed by atoms with E-state index in [2.05, 4.69) is 25.0 Å².